The third-order valence-corrected chi connectivity index (χ3v) is 3.76. The second kappa shape index (κ2) is 5.82. The van der Waals surface area contributed by atoms with E-state index >= 15 is 0 Å². The van der Waals surface area contributed by atoms with Gasteiger partial charge in [-0.3, -0.25) is 10.1 Å². The molecule has 3 rings (SSSR count). The first-order valence-corrected chi connectivity index (χ1v) is 7.32. The van der Waals surface area contributed by atoms with Crippen LogP contribution in [-0.2, 0) is 0 Å². The smallest absolute Gasteiger partial charge is 0.317 e. The van der Waals surface area contributed by atoms with Gasteiger partial charge in [0.2, 0.25) is 0 Å². The van der Waals surface area contributed by atoms with Crippen molar-refractivity contribution in [3.63, 3.8) is 0 Å². The maximum absolute atomic E-state index is 12.4. The lowest BCUT2D eigenvalue weighted by Gasteiger charge is -2.08. The number of carbonyl (C=O) groups excluding carboxylic acids is 2. The van der Waals surface area contributed by atoms with Gasteiger partial charge in [-0.15, -0.1) is 11.3 Å². The van der Waals surface area contributed by atoms with E-state index in [-0.39, 0.29) is 5.91 Å². The molecule has 0 radical (unpaired) electrons. The van der Waals surface area contributed by atoms with Crippen LogP contribution in [0.5, 0.6) is 0 Å². The SMILES string of the molecule is NC(=O)Nc1ccc2cccc(C(=O)Nc3cccs3)c2n1. The molecule has 6 nitrogen and oxygen atoms in total. The van der Waals surface area contributed by atoms with Crippen molar-refractivity contribution < 1.29 is 9.59 Å². The first-order chi connectivity index (χ1) is 10.6. The zero-order valence-electron chi connectivity index (χ0n) is 11.4. The summed E-state index contributed by atoms with van der Waals surface area (Å²) in [5.74, 6) is 0.0492. The summed E-state index contributed by atoms with van der Waals surface area (Å²) in [6.45, 7) is 0. The summed E-state index contributed by atoms with van der Waals surface area (Å²) < 4.78 is 0. The van der Waals surface area contributed by atoms with E-state index in [1.54, 1.807) is 24.3 Å². The summed E-state index contributed by atoms with van der Waals surface area (Å²) in [5, 5.41) is 8.66. The van der Waals surface area contributed by atoms with Crippen molar-refractivity contribution in [1.82, 2.24) is 4.98 Å². The number of anilines is 2. The van der Waals surface area contributed by atoms with E-state index in [2.05, 4.69) is 15.6 Å². The van der Waals surface area contributed by atoms with Crippen molar-refractivity contribution >= 4 is 45.0 Å². The van der Waals surface area contributed by atoms with Gasteiger partial charge in [0.1, 0.15) is 5.82 Å². The van der Waals surface area contributed by atoms with Gasteiger partial charge in [0.15, 0.2) is 0 Å². The number of carbonyl (C=O) groups is 2. The molecule has 4 N–H and O–H groups in total. The maximum atomic E-state index is 12.4. The third-order valence-electron chi connectivity index (χ3n) is 2.97. The van der Waals surface area contributed by atoms with Gasteiger partial charge in [-0.25, -0.2) is 9.78 Å². The quantitative estimate of drug-likeness (QED) is 0.693. The Balaban J connectivity index is 2.00. The molecule has 0 saturated carbocycles. The Morgan fingerprint density at radius 2 is 1.91 bits per heavy atom. The number of nitrogens with two attached hydrogens (primary N) is 1. The minimum absolute atomic E-state index is 0.253. The molecule has 3 amide bonds. The standard InChI is InChI=1S/C15H12N4O2S/c16-15(21)18-11-7-6-9-3-1-4-10(13(9)17-11)14(20)19-12-5-2-8-22-12/h1-8H,(H,19,20)(H3,16,17,18,21). The zero-order chi connectivity index (χ0) is 15.5. The van der Waals surface area contributed by atoms with Crippen LogP contribution in [0.1, 0.15) is 10.4 Å². The summed E-state index contributed by atoms with van der Waals surface area (Å²) >= 11 is 1.44. The number of hydrogen-bond acceptors (Lipinski definition) is 4. The largest absolute Gasteiger partial charge is 0.351 e. The lowest BCUT2D eigenvalue weighted by atomic mass is 10.1. The Bertz CT molecular complexity index is 846. The summed E-state index contributed by atoms with van der Waals surface area (Å²) in [6, 6.07) is 11.7. The number of nitrogens with one attached hydrogen (secondary N) is 2. The number of nitrogens with zero attached hydrogens (tertiary/aromatic N) is 1. The number of rotatable bonds is 3. The Labute approximate surface area is 130 Å². The molecule has 7 heteroatoms. The van der Waals surface area contributed by atoms with Gasteiger partial charge in [0, 0.05) is 5.39 Å². The molecule has 0 aliphatic rings. The fourth-order valence-electron chi connectivity index (χ4n) is 2.06. The molecule has 0 fully saturated rings. The molecule has 1 aromatic carbocycles. The first-order valence-electron chi connectivity index (χ1n) is 6.44. The van der Waals surface area contributed by atoms with E-state index in [4.69, 9.17) is 5.73 Å². The van der Waals surface area contributed by atoms with Gasteiger partial charge in [0.05, 0.1) is 16.1 Å². The van der Waals surface area contributed by atoms with Crippen molar-refractivity contribution in [3.8, 4) is 0 Å². The number of fused-ring (bicyclic) bond motifs is 1. The van der Waals surface area contributed by atoms with Gasteiger partial charge >= 0.3 is 6.03 Å². The number of urea groups is 1. The predicted octanol–water partition coefficient (Wildman–Crippen LogP) is 3.04. The Hall–Kier alpha value is -2.93. The highest BCUT2D eigenvalue weighted by molar-refractivity contribution is 7.14. The van der Waals surface area contributed by atoms with Gasteiger partial charge in [-0.1, -0.05) is 12.1 Å². The van der Waals surface area contributed by atoms with Crippen molar-refractivity contribution in [1.29, 1.82) is 0 Å². The van der Waals surface area contributed by atoms with E-state index in [0.29, 0.717) is 16.9 Å². The highest BCUT2D eigenvalue weighted by Gasteiger charge is 2.12. The van der Waals surface area contributed by atoms with Crippen LogP contribution in [0.25, 0.3) is 10.9 Å². The normalized spacial score (nSPS) is 10.4. The van der Waals surface area contributed by atoms with Crippen LogP contribution >= 0.6 is 11.3 Å². The number of aromatic nitrogens is 1. The number of amides is 3. The lowest BCUT2D eigenvalue weighted by molar-refractivity contribution is 0.102. The lowest BCUT2D eigenvalue weighted by Crippen LogP contribution is -2.20. The molecule has 2 aromatic heterocycles. The van der Waals surface area contributed by atoms with E-state index in [1.165, 1.54) is 11.3 Å². The third kappa shape index (κ3) is 2.89. The first kappa shape index (κ1) is 14.0. The minimum atomic E-state index is -0.702. The van der Waals surface area contributed by atoms with Gasteiger partial charge in [-0.2, -0.15) is 0 Å². The van der Waals surface area contributed by atoms with Crippen LogP contribution in [0, 0.1) is 0 Å². The van der Waals surface area contributed by atoms with Crippen molar-refractivity contribution in [3.05, 3.63) is 53.4 Å². The number of benzene rings is 1. The number of para-hydroxylation sites is 1. The molecule has 0 atom stereocenters. The van der Waals surface area contributed by atoms with E-state index in [1.807, 2.05) is 23.6 Å². The molecular weight excluding hydrogens is 300 g/mol. The number of pyridine rings is 1. The average Bonchev–Trinajstić information content (AvgIpc) is 2.98. The highest BCUT2D eigenvalue weighted by Crippen LogP contribution is 2.22. The highest BCUT2D eigenvalue weighted by atomic mass is 32.1. The average molecular weight is 312 g/mol. The monoisotopic (exact) mass is 312 g/mol. The Morgan fingerprint density at radius 1 is 1.05 bits per heavy atom. The van der Waals surface area contributed by atoms with Crippen molar-refractivity contribution in [2.45, 2.75) is 0 Å². The number of primary amides is 1. The molecule has 0 bridgehead atoms. The molecule has 3 aromatic rings. The summed E-state index contributed by atoms with van der Waals surface area (Å²) in [4.78, 5) is 27.6. The molecule has 2 heterocycles. The van der Waals surface area contributed by atoms with Crippen LogP contribution in [0.15, 0.2) is 47.8 Å². The minimum Gasteiger partial charge on any atom is -0.351 e. The van der Waals surface area contributed by atoms with Gasteiger partial charge in [0.25, 0.3) is 5.91 Å². The van der Waals surface area contributed by atoms with Crippen LogP contribution in [0.3, 0.4) is 0 Å². The van der Waals surface area contributed by atoms with E-state index in [9.17, 15) is 9.59 Å². The topological polar surface area (TPSA) is 97.1 Å². The molecule has 0 spiro atoms. The van der Waals surface area contributed by atoms with Gasteiger partial charge < -0.3 is 11.1 Å². The van der Waals surface area contributed by atoms with Crippen LogP contribution in [-0.4, -0.2) is 16.9 Å². The van der Waals surface area contributed by atoms with E-state index < -0.39 is 6.03 Å². The summed E-state index contributed by atoms with van der Waals surface area (Å²) in [6.07, 6.45) is 0. The second-order valence-electron chi connectivity index (χ2n) is 4.49. The zero-order valence-corrected chi connectivity index (χ0v) is 12.2. The molecular formula is C15H12N4O2S. The molecule has 0 aliphatic heterocycles. The van der Waals surface area contributed by atoms with Crippen molar-refractivity contribution in [2.24, 2.45) is 5.73 Å². The fraction of sp³-hybridized carbons (Fsp3) is 0. The fourth-order valence-corrected chi connectivity index (χ4v) is 2.67. The molecule has 0 unspecified atom stereocenters. The van der Waals surface area contributed by atoms with Crippen LogP contribution in [0.2, 0.25) is 0 Å². The predicted molar refractivity (Wildman–Crippen MR) is 87.2 cm³/mol. The molecule has 0 aliphatic carbocycles. The van der Waals surface area contributed by atoms with Crippen LogP contribution in [0.4, 0.5) is 15.6 Å². The van der Waals surface area contributed by atoms with Gasteiger partial charge in [-0.05, 0) is 35.7 Å². The summed E-state index contributed by atoms with van der Waals surface area (Å²) in [7, 11) is 0. The number of thiophene rings is 1. The Morgan fingerprint density at radius 3 is 2.64 bits per heavy atom. The molecule has 0 saturated heterocycles. The van der Waals surface area contributed by atoms with Crippen molar-refractivity contribution in [2.75, 3.05) is 10.6 Å². The summed E-state index contributed by atoms with van der Waals surface area (Å²) in [5.41, 5.74) is 6.02. The molecule has 110 valence electrons. The molecule has 22 heavy (non-hydrogen) atoms. The van der Waals surface area contributed by atoms with Crippen LogP contribution < -0.4 is 16.4 Å². The Kier molecular flexibility index (Phi) is 3.71. The second-order valence-corrected chi connectivity index (χ2v) is 5.44. The maximum Gasteiger partial charge on any atom is 0.317 e. The van der Waals surface area contributed by atoms with E-state index in [0.717, 1.165) is 10.4 Å². The number of hydrogen-bond donors (Lipinski definition) is 3.